The summed E-state index contributed by atoms with van der Waals surface area (Å²) >= 11 is 0. The van der Waals surface area contributed by atoms with Crippen LogP contribution in [0.5, 0.6) is 5.75 Å². The molecule has 1 spiro atoms. The van der Waals surface area contributed by atoms with Gasteiger partial charge in [0.1, 0.15) is 11.9 Å². The number of carbonyl (C=O) groups excluding carboxylic acids is 1. The first-order valence-corrected chi connectivity index (χ1v) is 11.4. The van der Waals surface area contributed by atoms with Crippen LogP contribution in [0.25, 0.3) is 22.0 Å². The lowest BCUT2D eigenvalue weighted by Crippen LogP contribution is -2.54. The van der Waals surface area contributed by atoms with Crippen LogP contribution in [-0.4, -0.2) is 47.4 Å². The summed E-state index contributed by atoms with van der Waals surface area (Å²) in [5.41, 5.74) is 4.21. The molecule has 0 bridgehead atoms. The topological polar surface area (TPSA) is 60.9 Å². The van der Waals surface area contributed by atoms with Gasteiger partial charge in [-0.25, -0.2) is 0 Å². The van der Waals surface area contributed by atoms with Crippen molar-refractivity contribution < 1.29 is 19.0 Å². The van der Waals surface area contributed by atoms with E-state index in [0.717, 1.165) is 46.2 Å². The number of piperidine rings is 1. The molecule has 6 heteroatoms. The lowest BCUT2D eigenvalue weighted by molar-refractivity contribution is -0.228. The van der Waals surface area contributed by atoms with E-state index in [1.807, 2.05) is 35.4 Å². The van der Waals surface area contributed by atoms with Crippen molar-refractivity contribution in [3.63, 3.8) is 0 Å². The first kappa shape index (κ1) is 19.7. The molecule has 6 nitrogen and oxygen atoms in total. The SMILES string of the molecule is O=C([C@H]1CCCO1)N1CCC2(CC1)OCc1cc(-c3cnc4ccccc4c3)ccc1O2. The lowest BCUT2D eigenvalue weighted by atomic mass is 9.98. The number of aromatic nitrogens is 1. The largest absolute Gasteiger partial charge is 0.462 e. The Labute approximate surface area is 187 Å². The van der Waals surface area contributed by atoms with Crippen LogP contribution >= 0.6 is 0 Å². The van der Waals surface area contributed by atoms with Crippen LogP contribution in [0.3, 0.4) is 0 Å². The van der Waals surface area contributed by atoms with E-state index in [0.29, 0.717) is 39.1 Å². The minimum absolute atomic E-state index is 0.113. The minimum atomic E-state index is -0.646. The Morgan fingerprint density at radius 2 is 1.94 bits per heavy atom. The van der Waals surface area contributed by atoms with Crippen LogP contribution in [0.15, 0.2) is 54.7 Å². The second-order valence-corrected chi connectivity index (χ2v) is 8.87. The second kappa shape index (κ2) is 7.87. The third kappa shape index (κ3) is 3.53. The number of ether oxygens (including phenoxy) is 3. The predicted octanol–water partition coefficient (Wildman–Crippen LogP) is 4.31. The van der Waals surface area contributed by atoms with Gasteiger partial charge in [-0.1, -0.05) is 24.3 Å². The highest BCUT2D eigenvalue weighted by atomic mass is 16.7. The van der Waals surface area contributed by atoms with Gasteiger partial charge < -0.3 is 19.1 Å². The molecule has 0 saturated carbocycles. The van der Waals surface area contributed by atoms with Gasteiger partial charge in [-0.2, -0.15) is 0 Å². The molecule has 3 aromatic rings. The molecule has 4 heterocycles. The third-order valence-electron chi connectivity index (χ3n) is 6.81. The molecule has 3 aliphatic heterocycles. The van der Waals surface area contributed by atoms with E-state index in [4.69, 9.17) is 14.2 Å². The van der Waals surface area contributed by atoms with Gasteiger partial charge in [0, 0.05) is 55.2 Å². The molecule has 2 aromatic carbocycles. The van der Waals surface area contributed by atoms with Crippen molar-refractivity contribution in [3.05, 3.63) is 60.3 Å². The van der Waals surface area contributed by atoms with Gasteiger partial charge in [-0.15, -0.1) is 0 Å². The molecular formula is C26H26N2O4. The van der Waals surface area contributed by atoms with Crippen LogP contribution in [0.4, 0.5) is 0 Å². The Morgan fingerprint density at radius 1 is 1.06 bits per heavy atom. The number of rotatable bonds is 2. The summed E-state index contributed by atoms with van der Waals surface area (Å²) in [6.45, 7) is 2.46. The Hall–Kier alpha value is -2.96. The highest BCUT2D eigenvalue weighted by molar-refractivity contribution is 5.83. The number of fused-ring (bicyclic) bond motifs is 2. The summed E-state index contributed by atoms with van der Waals surface area (Å²) in [5.74, 6) is 0.335. The summed E-state index contributed by atoms with van der Waals surface area (Å²) in [4.78, 5) is 19.1. The monoisotopic (exact) mass is 430 g/mol. The fraction of sp³-hybridized carbons (Fsp3) is 0.385. The van der Waals surface area contributed by atoms with Gasteiger partial charge in [0.05, 0.1) is 12.1 Å². The van der Waals surface area contributed by atoms with Gasteiger partial charge in [0.2, 0.25) is 5.79 Å². The van der Waals surface area contributed by atoms with Gasteiger partial charge in [0.25, 0.3) is 5.91 Å². The van der Waals surface area contributed by atoms with Gasteiger partial charge in [-0.05, 0) is 42.7 Å². The van der Waals surface area contributed by atoms with Crippen molar-refractivity contribution in [2.45, 2.75) is 44.2 Å². The van der Waals surface area contributed by atoms with Crippen molar-refractivity contribution in [2.75, 3.05) is 19.7 Å². The number of nitrogens with zero attached hydrogens (tertiary/aromatic N) is 2. The van der Waals surface area contributed by atoms with Crippen LogP contribution in [0.1, 0.15) is 31.2 Å². The molecule has 2 fully saturated rings. The molecule has 0 N–H and O–H groups in total. The van der Waals surface area contributed by atoms with Crippen LogP contribution in [-0.2, 0) is 20.9 Å². The number of hydrogen-bond donors (Lipinski definition) is 0. The maximum absolute atomic E-state index is 12.6. The minimum Gasteiger partial charge on any atom is -0.462 e. The van der Waals surface area contributed by atoms with Crippen molar-refractivity contribution in [1.29, 1.82) is 0 Å². The summed E-state index contributed by atoms with van der Waals surface area (Å²) in [6, 6.07) is 16.5. The first-order valence-electron chi connectivity index (χ1n) is 11.4. The highest BCUT2D eigenvalue weighted by Gasteiger charge is 2.43. The third-order valence-corrected chi connectivity index (χ3v) is 6.81. The van der Waals surface area contributed by atoms with Crippen molar-refractivity contribution in [3.8, 4) is 16.9 Å². The average Bonchev–Trinajstić information content (AvgIpc) is 3.39. The summed E-state index contributed by atoms with van der Waals surface area (Å²) in [5, 5.41) is 1.12. The first-order chi connectivity index (χ1) is 15.7. The fourth-order valence-corrected chi connectivity index (χ4v) is 4.93. The molecule has 32 heavy (non-hydrogen) atoms. The van der Waals surface area contributed by atoms with Gasteiger partial charge in [0.15, 0.2) is 0 Å². The lowest BCUT2D eigenvalue weighted by Gasteiger charge is -2.44. The zero-order valence-corrected chi connectivity index (χ0v) is 18.0. The molecule has 2 saturated heterocycles. The van der Waals surface area contributed by atoms with Crippen LogP contribution < -0.4 is 4.74 Å². The Bertz CT molecular complexity index is 1160. The number of hydrogen-bond acceptors (Lipinski definition) is 5. The van der Waals surface area contributed by atoms with E-state index in [-0.39, 0.29) is 12.0 Å². The number of amides is 1. The summed E-state index contributed by atoms with van der Waals surface area (Å²) < 4.78 is 18.2. The van der Waals surface area contributed by atoms with Crippen molar-refractivity contribution in [1.82, 2.24) is 9.88 Å². The standard InChI is InChI=1S/C26H26N2O4/c29-25(24-6-3-13-30-24)28-11-9-26(10-12-28)31-17-21-14-18(7-8-23(21)32-26)20-15-19-4-1-2-5-22(19)27-16-20/h1-2,4-5,7-8,14-16,24H,3,6,9-13,17H2/t24-/m1/s1. The smallest absolute Gasteiger partial charge is 0.251 e. The Morgan fingerprint density at radius 3 is 2.78 bits per heavy atom. The van der Waals surface area contributed by atoms with E-state index in [1.54, 1.807) is 0 Å². The normalized spacial score (nSPS) is 22.0. The van der Waals surface area contributed by atoms with E-state index in [2.05, 4.69) is 29.2 Å². The van der Waals surface area contributed by atoms with E-state index >= 15 is 0 Å². The molecule has 6 rings (SSSR count). The van der Waals surface area contributed by atoms with Crippen LogP contribution in [0, 0.1) is 0 Å². The number of benzene rings is 2. The molecule has 1 atom stereocenters. The van der Waals surface area contributed by atoms with E-state index < -0.39 is 5.79 Å². The highest BCUT2D eigenvalue weighted by Crippen LogP contribution is 2.39. The quantitative estimate of drug-likeness (QED) is 0.606. The average molecular weight is 431 g/mol. The zero-order chi connectivity index (χ0) is 21.5. The van der Waals surface area contributed by atoms with Crippen molar-refractivity contribution in [2.24, 2.45) is 0 Å². The molecule has 0 radical (unpaired) electrons. The zero-order valence-electron chi connectivity index (χ0n) is 18.0. The predicted molar refractivity (Wildman–Crippen MR) is 120 cm³/mol. The molecule has 164 valence electrons. The number of likely N-dealkylation sites (tertiary alicyclic amines) is 1. The van der Waals surface area contributed by atoms with E-state index in [1.165, 1.54) is 0 Å². The van der Waals surface area contributed by atoms with Gasteiger partial charge >= 0.3 is 0 Å². The fourth-order valence-electron chi connectivity index (χ4n) is 4.93. The van der Waals surface area contributed by atoms with Gasteiger partial charge in [-0.3, -0.25) is 9.78 Å². The van der Waals surface area contributed by atoms with Crippen LogP contribution in [0.2, 0.25) is 0 Å². The number of carbonyl (C=O) groups is 1. The number of pyridine rings is 1. The molecular weight excluding hydrogens is 404 g/mol. The second-order valence-electron chi connectivity index (χ2n) is 8.87. The maximum Gasteiger partial charge on any atom is 0.251 e. The molecule has 0 aliphatic carbocycles. The molecule has 0 unspecified atom stereocenters. The number of para-hydroxylation sites is 1. The summed E-state index contributed by atoms with van der Waals surface area (Å²) in [7, 11) is 0. The molecule has 3 aliphatic rings. The van der Waals surface area contributed by atoms with Crippen molar-refractivity contribution >= 4 is 16.8 Å². The maximum atomic E-state index is 12.6. The Kier molecular flexibility index (Phi) is 4.85. The molecule has 1 aromatic heterocycles. The summed E-state index contributed by atoms with van der Waals surface area (Å²) in [6.07, 6.45) is 4.78. The van der Waals surface area contributed by atoms with E-state index in [9.17, 15) is 4.79 Å². The Balaban J connectivity index is 1.17. The molecule has 1 amide bonds.